The van der Waals surface area contributed by atoms with Crippen LogP contribution in [0, 0.1) is 13.8 Å². The lowest BCUT2D eigenvalue weighted by Gasteiger charge is -2.07. The monoisotopic (exact) mass is 242 g/mol. The Morgan fingerprint density at radius 3 is 2.50 bits per heavy atom. The van der Waals surface area contributed by atoms with Crippen molar-refractivity contribution in [2.75, 3.05) is 0 Å². The number of halogens is 1. The van der Waals surface area contributed by atoms with Gasteiger partial charge in [0.15, 0.2) is 5.78 Å². The molecule has 16 heavy (non-hydrogen) atoms. The van der Waals surface area contributed by atoms with Crippen molar-refractivity contribution in [1.29, 1.82) is 0 Å². The number of nitrogens with two attached hydrogens (primary N) is 1. The first-order valence-electron chi connectivity index (χ1n) is 4.98. The maximum absolute atomic E-state index is 11.8. The molecule has 1 atom stereocenters. The second-order valence-corrected chi connectivity index (χ2v) is 4.47. The highest BCUT2D eigenvalue weighted by atomic mass is 35.5. The van der Waals surface area contributed by atoms with E-state index in [4.69, 9.17) is 17.3 Å². The lowest BCUT2D eigenvalue weighted by atomic mass is 10.1. The van der Waals surface area contributed by atoms with Crippen molar-refractivity contribution in [1.82, 2.24) is 4.57 Å². The summed E-state index contributed by atoms with van der Waals surface area (Å²) in [4.78, 5) is 22.6. The molecule has 88 valence electrons. The number of amides is 1. The lowest BCUT2D eigenvalue weighted by Crippen LogP contribution is -2.20. The molecule has 1 rings (SSSR count). The first-order chi connectivity index (χ1) is 7.34. The molecule has 0 spiro atoms. The fourth-order valence-electron chi connectivity index (χ4n) is 1.66. The van der Waals surface area contributed by atoms with Crippen LogP contribution < -0.4 is 5.73 Å². The minimum Gasteiger partial charge on any atom is -0.368 e. The van der Waals surface area contributed by atoms with Crippen LogP contribution in [0.2, 0.25) is 0 Å². The fourth-order valence-corrected chi connectivity index (χ4v) is 1.78. The average Bonchev–Trinajstić information content (AvgIpc) is 2.44. The molecule has 0 saturated carbocycles. The van der Waals surface area contributed by atoms with Gasteiger partial charge in [0.25, 0.3) is 0 Å². The summed E-state index contributed by atoms with van der Waals surface area (Å²) in [5.74, 6) is -0.565. The fraction of sp³-hybridized carbons (Fsp3) is 0.455. The van der Waals surface area contributed by atoms with Gasteiger partial charge in [-0.3, -0.25) is 9.59 Å². The SMILES string of the molecule is Cc1cc(C(=O)C(C)Cl)c(C)n1CC(N)=O. The molecular weight excluding hydrogens is 228 g/mol. The number of carbonyl (C=O) groups is 2. The molecule has 0 fully saturated rings. The summed E-state index contributed by atoms with van der Waals surface area (Å²) in [7, 11) is 0. The van der Waals surface area contributed by atoms with E-state index in [0.29, 0.717) is 5.56 Å². The van der Waals surface area contributed by atoms with E-state index in [1.807, 2.05) is 6.92 Å². The van der Waals surface area contributed by atoms with Crippen LogP contribution in [0.1, 0.15) is 28.7 Å². The summed E-state index contributed by atoms with van der Waals surface area (Å²) in [6.07, 6.45) is 0. The molecule has 5 heteroatoms. The van der Waals surface area contributed by atoms with Gasteiger partial charge in [-0.2, -0.15) is 0 Å². The van der Waals surface area contributed by atoms with Gasteiger partial charge < -0.3 is 10.3 Å². The van der Waals surface area contributed by atoms with E-state index in [2.05, 4.69) is 0 Å². The van der Waals surface area contributed by atoms with Gasteiger partial charge in [-0.05, 0) is 26.8 Å². The highest BCUT2D eigenvalue weighted by Crippen LogP contribution is 2.18. The van der Waals surface area contributed by atoms with Gasteiger partial charge in [0, 0.05) is 17.0 Å². The van der Waals surface area contributed by atoms with Crippen molar-refractivity contribution in [3.05, 3.63) is 23.0 Å². The zero-order valence-electron chi connectivity index (χ0n) is 9.58. The van der Waals surface area contributed by atoms with E-state index < -0.39 is 11.3 Å². The van der Waals surface area contributed by atoms with Crippen LogP contribution in [0.4, 0.5) is 0 Å². The molecular formula is C11H15ClN2O2. The predicted octanol–water partition coefficient (Wildman–Crippen LogP) is 1.40. The summed E-state index contributed by atoms with van der Waals surface area (Å²) in [5.41, 5.74) is 7.25. The number of alkyl halides is 1. The van der Waals surface area contributed by atoms with Crippen LogP contribution in [-0.2, 0) is 11.3 Å². The Hall–Kier alpha value is -1.29. The van der Waals surface area contributed by atoms with Gasteiger partial charge in [0.1, 0.15) is 6.54 Å². The van der Waals surface area contributed by atoms with E-state index in [0.717, 1.165) is 11.4 Å². The summed E-state index contributed by atoms with van der Waals surface area (Å²) < 4.78 is 1.72. The van der Waals surface area contributed by atoms with Crippen LogP contribution in [0.3, 0.4) is 0 Å². The quantitative estimate of drug-likeness (QED) is 0.641. The first kappa shape index (κ1) is 12.8. The van der Waals surface area contributed by atoms with Crippen LogP contribution in [0.25, 0.3) is 0 Å². The van der Waals surface area contributed by atoms with Crippen molar-refractivity contribution in [2.45, 2.75) is 32.7 Å². The number of Topliss-reactive ketones (excluding diaryl/α,β-unsaturated/α-hetero) is 1. The summed E-state index contributed by atoms with van der Waals surface area (Å²) in [5, 5.41) is -0.567. The standard InChI is InChI=1S/C11H15ClN2O2/c1-6-4-9(11(16)7(2)12)8(3)14(6)5-10(13)15/h4,7H,5H2,1-3H3,(H2,13,15). The van der Waals surface area contributed by atoms with Crippen LogP contribution in [0.15, 0.2) is 6.07 Å². The number of primary amides is 1. The van der Waals surface area contributed by atoms with Crippen molar-refractivity contribution in [2.24, 2.45) is 5.73 Å². The number of carbonyl (C=O) groups excluding carboxylic acids is 2. The Kier molecular flexibility index (Phi) is 3.75. The summed E-state index contributed by atoms with van der Waals surface area (Å²) >= 11 is 5.75. The summed E-state index contributed by atoms with van der Waals surface area (Å²) in [6, 6.07) is 1.74. The molecule has 1 amide bonds. The van der Waals surface area contributed by atoms with Crippen molar-refractivity contribution < 1.29 is 9.59 Å². The first-order valence-corrected chi connectivity index (χ1v) is 5.41. The number of rotatable bonds is 4. The van der Waals surface area contributed by atoms with Crippen molar-refractivity contribution in [3.8, 4) is 0 Å². The Bertz CT molecular complexity index is 435. The van der Waals surface area contributed by atoms with E-state index in [1.165, 1.54) is 0 Å². The Morgan fingerprint density at radius 2 is 2.06 bits per heavy atom. The van der Waals surface area contributed by atoms with Crippen molar-refractivity contribution >= 4 is 23.3 Å². The Balaban J connectivity index is 3.16. The van der Waals surface area contributed by atoms with E-state index in [1.54, 1.807) is 24.5 Å². The summed E-state index contributed by atoms with van der Waals surface area (Å²) in [6.45, 7) is 5.32. The van der Waals surface area contributed by atoms with Gasteiger partial charge in [0.2, 0.25) is 5.91 Å². The minimum absolute atomic E-state index is 0.0849. The normalized spacial score (nSPS) is 12.5. The third-order valence-corrected chi connectivity index (χ3v) is 2.71. The minimum atomic E-state index is -0.567. The average molecular weight is 243 g/mol. The molecule has 0 saturated heterocycles. The molecule has 1 heterocycles. The zero-order valence-corrected chi connectivity index (χ0v) is 10.3. The highest BCUT2D eigenvalue weighted by Gasteiger charge is 2.19. The molecule has 2 N–H and O–H groups in total. The molecule has 0 aliphatic carbocycles. The van der Waals surface area contributed by atoms with Gasteiger partial charge in [-0.25, -0.2) is 0 Å². The van der Waals surface area contributed by atoms with E-state index in [9.17, 15) is 9.59 Å². The molecule has 0 aromatic carbocycles. The van der Waals surface area contributed by atoms with Gasteiger partial charge in [0.05, 0.1) is 5.38 Å². The zero-order chi connectivity index (χ0) is 12.5. The lowest BCUT2D eigenvalue weighted by molar-refractivity contribution is -0.118. The van der Waals surface area contributed by atoms with Crippen LogP contribution in [-0.4, -0.2) is 21.6 Å². The predicted molar refractivity (Wildman–Crippen MR) is 62.7 cm³/mol. The molecule has 1 aromatic heterocycles. The maximum atomic E-state index is 11.8. The second-order valence-electron chi connectivity index (χ2n) is 3.82. The number of ketones is 1. The van der Waals surface area contributed by atoms with E-state index >= 15 is 0 Å². The maximum Gasteiger partial charge on any atom is 0.237 e. The Labute approximate surface area is 99.4 Å². The number of hydrogen-bond acceptors (Lipinski definition) is 2. The number of aryl methyl sites for hydroxylation is 1. The van der Waals surface area contributed by atoms with E-state index in [-0.39, 0.29) is 12.3 Å². The van der Waals surface area contributed by atoms with Gasteiger partial charge in [-0.15, -0.1) is 11.6 Å². The molecule has 0 aliphatic heterocycles. The molecule has 4 nitrogen and oxygen atoms in total. The molecule has 1 unspecified atom stereocenters. The molecule has 0 bridgehead atoms. The molecule has 0 aliphatic rings. The smallest absolute Gasteiger partial charge is 0.237 e. The number of aromatic nitrogens is 1. The van der Waals surface area contributed by atoms with Crippen LogP contribution >= 0.6 is 11.6 Å². The number of nitrogens with zero attached hydrogens (tertiary/aromatic N) is 1. The van der Waals surface area contributed by atoms with Gasteiger partial charge >= 0.3 is 0 Å². The topological polar surface area (TPSA) is 65.1 Å². The highest BCUT2D eigenvalue weighted by molar-refractivity contribution is 6.33. The largest absolute Gasteiger partial charge is 0.368 e. The molecule has 0 radical (unpaired) electrons. The third-order valence-electron chi connectivity index (χ3n) is 2.51. The van der Waals surface area contributed by atoms with Crippen molar-refractivity contribution in [3.63, 3.8) is 0 Å². The second kappa shape index (κ2) is 4.70. The van der Waals surface area contributed by atoms with Gasteiger partial charge in [-0.1, -0.05) is 0 Å². The third kappa shape index (κ3) is 2.44. The van der Waals surface area contributed by atoms with Crippen LogP contribution in [0.5, 0.6) is 0 Å². The number of hydrogen-bond donors (Lipinski definition) is 1. The Morgan fingerprint density at radius 1 is 1.50 bits per heavy atom. The molecule has 1 aromatic rings.